The molecule has 0 atom stereocenters. The Labute approximate surface area is 119 Å². The molecule has 0 unspecified atom stereocenters. The van der Waals surface area contributed by atoms with E-state index in [0.717, 1.165) is 12.8 Å². The Hall–Kier alpha value is -1.56. The van der Waals surface area contributed by atoms with Crippen molar-refractivity contribution in [2.45, 2.75) is 18.9 Å². The lowest BCUT2D eigenvalue weighted by Crippen LogP contribution is -2.30. The first-order valence-electron chi connectivity index (χ1n) is 5.90. The van der Waals surface area contributed by atoms with Crippen molar-refractivity contribution in [2.75, 3.05) is 13.7 Å². The van der Waals surface area contributed by atoms with Crippen molar-refractivity contribution >= 4 is 27.8 Å². The summed E-state index contributed by atoms with van der Waals surface area (Å²) in [6.07, 6.45) is 2.00. The molecule has 19 heavy (non-hydrogen) atoms. The highest BCUT2D eigenvalue weighted by atomic mass is 79.9. The number of hydrogen-bond acceptors (Lipinski definition) is 4. The molecule has 0 spiro atoms. The predicted molar refractivity (Wildman–Crippen MR) is 72.1 cm³/mol. The number of esters is 1. The van der Waals surface area contributed by atoms with E-state index in [2.05, 4.69) is 21.2 Å². The molecule has 1 aliphatic rings. The molecule has 0 radical (unpaired) electrons. The van der Waals surface area contributed by atoms with E-state index in [1.165, 1.54) is 7.11 Å². The Balaban J connectivity index is 1.92. The van der Waals surface area contributed by atoms with Crippen LogP contribution in [0.3, 0.4) is 0 Å². The molecule has 1 aromatic carbocycles. The van der Waals surface area contributed by atoms with E-state index in [0.29, 0.717) is 15.8 Å². The molecule has 1 fully saturated rings. The number of ether oxygens (including phenoxy) is 2. The van der Waals surface area contributed by atoms with Gasteiger partial charge >= 0.3 is 5.97 Å². The van der Waals surface area contributed by atoms with E-state index in [1.54, 1.807) is 18.2 Å². The standard InChI is InChI=1S/C13H14BrNO4/c1-18-9-4-5-11(14)10(6-9)13(17)19-7-12(16)15-8-2-3-8/h4-6,8H,2-3,7H2,1H3,(H,15,16). The monoisotopic (exact) mass is 327 g/mol. The molecule has 6 heteroatoms. The number of halogens is 1. The van der Waals surface area contributed by atoms with Gasteiger partial charge in [-0.15, -0.1) is 0 Å². The first-order valence-corrected chi connectivity index (χ1v) is 6.69. The molecule has 0 heterocycles. The van der Waals surface area contributed by atoms with Gasteiger partial charge in [0.1, 0.15) is 5.75 Å². The van der Waals surface area contributed by atoms with Crippen molar-refractivity contribution in [3.8, 4) is 5.75 Å². The van der Waals surface area contributed by atoms with Gasteiger partial charge in [0.2, 0.25) is 0 Å². The number of carbonyl (C=O) groups is 2. The van der Waals surface area contributed by atoms with Crippen LogP contribution in [0.15, 0.2) is 22.7 Å². The van der Waals surface area contributed by atoms with Gasteiger partial charge in [-0.05, 0) is 47.0 Å². The van der Waals surface area contributed by atoms with E-state index in [1.807, 2.05) is 0 Å². The maximum absolute atomic E-state index is 11.9. The first-order chi connectivity index (χ1) is 9.10. The fourth-order valence-electron chi connectivity index (χ4n) is 1.49. The Morgan fingerprint density at radius 2 is 2.16 bits per heavy atom. The van der Waals surface area contributed by atoms with Crippen molar-refractivity contribution < 1.29 is 19.1 Å². The molecule has 1 amide bonds. The fraction of sp³-hybridized carbons (Fsp3) is 0.385. The van der Waals surface area contributed by atoms with Crippen LogP contribution in [0.4, 0.5) is 0 Å². The second kappa shape index (κ2) is 6.06. The summed E-state index contributed by atoms with van der Waals surface area (Å²) >= 11 is 3.26. The second-order valence-corrected chi connectivity index (χ2v) is 5.12. The van der Waals surface area contributed by atoms with E-state index in [-0.39, 0.29) is 18.6 Å². The fourth-order valence-corrected chi connectivity index (χ4v) is 1.90. The van der Waals surface area contributed by atoms with Crippen LogP contribution in [0.5, 0.6) is 5.75 Å². The topological polar surface area (TPSA) is 64.6 Å². The van der Waals surface area contributed by atoms with E-state index in [4.69, 9.17) is 9.47 Å². The summed E-state index contributed by atoms with van der Waals surface area (Å²) in [5, 5.41) is 2.75. The van der Waals surface area contributed by atoms with Gasteiger partial charge in [-0.1, -0.05) is 0 Å². The van der Waals surface area contributed by atoms with E-state index < -0.39 is 5.97 Å². The van der Waals surface area contributed by atoms with Crippen LogP contribution >= 0.6 is 15.9 Å². The van der Waals surface area contributed by atoms with Gasteiger partial charge in [-0.3, -0.25) is 4.79 Å². The minimum Gasteiger partial charge on any atom is -0.497 e. The Morgan fingerprint density at radius 3 is 2.79 bits per heavy atom. The maximum atomic E-state index is 11.9. The van der Waals surface area contributed by atoms with Gasteiger partial charge in [0.25, 0.3) is 5.91 Å². The summed E-state index contributed by atoms with van der Waals surface area (Å²) in [4.78, 5) is 23.3. The first kappa shape index (κ1) is 13.9. The molecule has 0 saturated heterocycles. The van der Waals surface area contributed by atoms with Gasteiger partial charge in [0.15, 0.2) is 6.61 Å². The van der Waals surface area contributed by atoms with Gasteiger partial charge in [0.05, 0.1) is 12.7 Å². The summed E-state index contributed by atoms with van der Waals surface area (Å²) in [5.41, 5.74) is 0.332. The van der Waals surface area contributed by atoms with Crippen molar-refractivity contribution in [2.24, 2.45) is 0 Å². The molecular weight excluding hydrogens is 314 g/mol. The molecular formula is C13H14BrNO4. The van der Waals surface area contributed by atoms with Crippen LogP contribution in [0.1, 0.15) is 23.2 Å². The summed E-state index contributed by atoms with van der Waals surface area (Å²) in [6.45, 7) is -0.265. The zero-order valence-corrected chi connectivity index (χ0v) is 12.0. The molecule has 5 nitrogen and oxygen atoms in total. The molecule has 1 N–H and O–H groups in total. The van der Waals surface area contributed by atoms with Gasteiger partial charge < -0.3 is 14.8 Å². The zero-order chi connectivity index (χ0) is 13.8. The maximum Gasteiger partial charge on any atom is 0.339 e. The van der Waals surface area contributed by atoms with Crippen molar-refractivity contribution in [1.82, 2.24) is 5.32 Å². The third kappa shape index (κ3) is 3.96. The highest BCUT2D eigenvalue weighted by molar-refractivity contribution is 9.10. The molecule has 102 valence electrons. The quantitative estimate of drug-likeness (QED) is 0.839. The smallest absolute Gasteiger partial charge is 0.339 e. The Morgan fingerprint density at radius 1 is 1.42 bits per heavy atom. The summed E-state index contributed by atoms with van der Waals surface area (Å²) in [6, 6.07) is 5.24. The van der Waals surface area contributed by atoms with Crippen molar-refractivity contribution in [3.63, 3.8) is 0 Å². The summed E-state index contributed by atoms with van der Waals surface area (Å²) < 4.78 is 10.6. The molecule has 0 aromatic heterocycles. The predicted octanol–water partition coefficient (Wildman–Crippen LogP) is 1.89. The van der Waals surface area contributed by atoms with Crippen LogP contribution in [0.2, 0.25) is 0 Å². The van der Waals surface area contributed by atoms with Crippen LogP contribution < -0.4 is 10.1 Å². The van der Waals surface area contributed by atoms with Gasteiger partial charge in [0, 0.05) is 10.5 Å². The minimum atomic E-state index is -0.559. The SMILES string of the molecule is COc1ccc(Br)c(C(=O)OCC(=O)NC2CC2)c1. The second-order valence-electron chi connectivity index (χ2n) is 4.26. The third-order valence-electron chi connectivity index (χ3n) is 2.67. The number of nitrogens with one attached hydrogen (secondary N) is 1. The third-order valence-corrected chi connectivity index (χ3v) is 3.36. The minimum absolute atomic E-state index is 0.259. The zero-order valence-electron chi connectivity index (χ0n) is 10.4. The largest absolute Gasteiger partial charge is 0.497 e. The summed E-state index contributed by atoms with van der Waals surface area (Å²) in [7, 11) is 1.52. The van der Waals surface area contributed by atoms with E-state index >= 15 is 0 Å². The lowest BCUT2D eigenvalue weighted by molar-refractivity contribution is -0.124. The number of benzene rings is 1. The lowest BCUT2D eigenvalue weighted by atomic mass is 10.2. The average molecular weight is 328 g/mol. The molecule has 1 saturated carbocycles. The molecule has 1 aliphatic carbocycles. The average Bonchev–Trinajstić information content (AvgIpc) is 3.20. The Bertz CT molecular complexity index is 499. The Kier molecular flexibility index (Phi) is 4.42. The number of carbonyl (C=O) groups excluding carboxylic acids is 2. The van der Waals surface area contributed by atoms with Gasteiger partial charge in [-0.25, -0.2) is 4.79 Å². The van der Waals surface area contributed by atoms with E-state index in [9.17, 15) is 9.59 Å². The van der Waals surface area contributed by atoms with Gasteiger partial charge in [-0.2, -0.15) is 0 Å². The van der Waals surface area contributed by atoms with Crippen molar-refractivity contribution in [3.05, 3.63) is 28.2 Å². The molecule has 1 aromatic rings. The number of rotatable bonds is 5. The molecule has 0 bridgehead atoms. The number of hydrogen-bond donors (Lipinski definition) is 1. The molecule has 2 rings (SSSR count). The van der Waals surface area contributed by atoms with Crippen LogP contribution in [0, 0.1) is 0 Å². The number of methoxy groups -OCH3 is 1. The molecule has 0 aliphatic heterocycles. The van der Waals surface area contributed by atoms with Crippen LogP contribution in [0.25, 0.3) is 0 Å². The van der Waals surface area contributed by atoms with Crippen molar-refractivity contribution in [1.29, 1.82) is 0 Å². The van der Waals surface area contributed by atoms with Crippen LogP contribution in [-0.2, 0) is 9.53 Å². The highest BCUT2D eigenvalue weighted by Gasteiger charge is 2.24. The van der Waals surface area contributed by atoms with Crippen LogP contribution in [-0.4, -0.2) is 31.6 Å². The lowest BCUT2D eigenvalue weighted by Gasteiger charge is -2.08. The number of amides is 1. The normalized spacial score (nSPS) is 13.8. The summed E-state index contributed by atoms with van der Waals surface area (Å²) in [5.74, 6) is -0.274. The highest BCUT2D eigenvalue weighted by Crippen LogP contribution is 2.23.